The molecule has 0 bridgehead atoms. The second-order valence-corrected chi connectivity index (χ2v) is 8.94. The van der Waals surface area contributed by atoms with Gasteiger partial charge in [0.15, 0.2) is 5.13 Å². The molecule has 1 aliphatic carbocycles. The SMILES string of the molecule is O=C(NC1=CC=C(OC(F)(F)F)CC1)c1cc2nc(N3CCCCC3)sc2s1. The number of rotatable bonds is 4. The van der Waals surface area contributed by atoms with Crippen LogP contribution in [0.4, 0.5) is 18.3 Å². The van der Waals surface area contributed by atoms with Gasteiger partial charge in [-0.15, -0.1) is 24.5 Å². The van der Waals surface area contributed by atoms with Crippen molar-refractivity contribution in [2.24, 2.45) is 0 Å². The highest BCUT2D eigenvalue weighted by molar-refractivity contribution is 7.40. The van der Waals surface area contributed by atoms with E-state index in [2.05, 4.69) is 19.9 Å². The lowest BCUT2D eigenvalue weighted by Gasteiger charge is -2.25. The smallest absolute Gasteiger partial charge is 0.410 e. The van der Waals surface area contributed by atoms with E-state index in [0.29, 0.717) is 10.6 Å². The molecular formula is C18H18F3N3O2S2. The summed E-state index contributed by atoms with van der Waals surface area (Å²) in [5.41, 5.74) is 1.39. The van der Waals surface area contributed by atoms with Gasteiger partial charge in [-0.2, -0.15) is 0 Å². The molecule has 0 spiro atoms. The highest BCUT2D eigenvalue weighted by atomic mass is 32.2. The van der Waals surface area contributed by atoms with Crippen LogP contribution < -0.4 is 10.2 Å². The van der Waals surface area contributed by atoms with E-state index in [4.69, 9.17) is 0 Å². The second kappa shape index (κ2) is 7.75. The molecule has 0 radical (unpaired) electrons. The van der Waals surface area contributed by atoms with Crippen LogP contribution in [0.25, 0.3) is 9.53 Å². The third kappa shape index (κ3) is 4.49. The maximum atomic E-state index is 12.5. The molecule has 1 amide bonds. The highest BCUT2D eigenvalue weighted by Crippen LogP contribution is 2.36. The Kier molecular flexibility index (Phi) is 5.33. The van der Waals surface area contributed by atoms with Crippen molar-refractivity contribution in [3.63, 3.8) is 0 Å². The van der Waals surface area contributed by atoms with Crippen LogP contribution in [0, 0.1) is 0 Å². The van der Waals surface area contributed by atoms with Crippen LogP contribution in [0.15, 0.2) is 29.7 Å². The predicted octanol–water partition coefficient (Wildman–Crippen LogP) is 5.18. The van der Waals surface area contributed by atoms with Crippen LogP contribution >= 0.6 is 22.7 Å². The van der Waals surface area contributed by atoms with Crippen LogP contribution in [0.3, 0.4) is 0 Å². The van der Waals surface area contributed by atoms with Crippen LogP contribution in [0.5, 0.6) is 0 Å². The Balaban J connectivity index is 1.41. The van der Waals surface area contributed by atoms with Crippen molar-refractivity contribution in [3.8, 4) is 0 Å². The van der Waals surface area contributed by atoms with E-state index in [-0.39, 0.29) is 24.5 Å². The molecule has 5 nitrogen and oxygen atoms in total. The molecule has 0 unspecified atom stereocenters. The third-order valence-electron chi connectivity index (χ3n) is 4.56. The third-order valence-corrected chi connectivity index (χ3v) is 6.91. The minimum absolute atomic E-state index is 0.0892. The first-order valence-corrected chi connectivity index (χ1v) is 10.6. The first-order chi connectivity index (χ1) is 13.4. The standard InChI is InChI=1S/C18H18F3N3O2S2/c19-18(20,21)26-12-6-4-11(5-7-12)22-15(25)14-10-13-16(27-14)28-17(23-13)24-8-2-1-3-9-24/h4,6,10H,1-3,5,7-9H2,(H,22,25). The van der Waals surface area contributed by atoms with Crippen molar-refractivity contribution < 1.29 is 22.7 Å². The van der Waals surface area contributed by atoms with Crippen LogP contribution in [0.1, 0.15) is 41.8 Å². The molecule has 0 aromatic carbocycles. The highest BCUT2D eigenvalue weighted by Gasteiger charge is 2.32. The molecule has 1 saturated heterocycles. The summed E-state index contributed by atoms with van der Waals surface area (Å²) in [6, 6.07) is 1.77. The van der Waals surface area contributed by atoms with E-state index in [1.165, 1.54) is 42.8 Å². The minimum atomic E-state index is -4.69. The zero-order valence-corrected chi connectivity index (χ0v) is 16.5. The summed E-state index contributed by atoms with van der Waals surface area (Å²) in [5.74, 6) is -0.425. The van der Waals surface area contributed by atoms with Crippen molar-refractivity contribution in [2.75, 3.05) is 18.0 Å². The van der Waals surface area contributed by atoms with Crippen LogP contribution in [0.2, 0.25) is 0 Å². The Bertz CT molecular complexity index is 908. The maximum Gasteiger partial charge on any atom is 0.572 e. The number of thiophene rings is 1. The van der Waals surface area contributed by atoms with Crippen molar-refractivity contribution >= 4 is 43.2 Å². The quantitative estimate of drug-likeness (QED) is 0.728. The largest absolute Gasteiger partial charge is 0.572 e. The average molecular weight is 429 g/mol. The van der Waals surface area contributed by atoms with Gasteiger partial charge in [-0.1, -0.05) is 11.3 Å². The number of ether oxygens (including phenoxy) is 1. The number of fused-ring (bicyclic) bond motifs is 1. The molecule has 28 heavy (non-hydrogen) atoms. The first kappa shape index (κ1) is 19.3. The number of nitrogens with zero attached hydrogens (tertiary/aromatic N) is 2. The summed E-state index contributed by atoms with van der Waals surface area (Å²) < 4.78 is 41.6. The van der Waals surface area contributed by atoms with E-state index in [9.17, 15) is 18.0 Å². The van der Waals surface area contributed by atoms with Gasteiger partial charge < -0.3 is 15.0 Å². The Morgan fingerprint density at radius 2 is 1.93 bits per heavy atom. The second-order valence-electron chi connectivity index (χ2n) is 6.65. The van der Waals surface area contributed by atoms with E-state index < -0.39 is 6.36 Å². The summed E-state index contributed by atoms with van der Waals surface area (Å²) in [6.07, 6.45) is 1.99. The molecule has 3 heterocycles. The van der Waals surface area contributed by atoms with Crippen LogP contribution in [-0.2, 0) is 4.74 Å². The topological polar surface area (TPSA) is 54.5 Å². The lowest BCUT2D eigenvalue weighted by molar-refractivity contribution is -0.306. The number of aromatic nitrogens is 1. The molecule has 10 heteroatoms. The van der Waals surface area contributed by atoms with Crippen LogP contribution in [-0.4, -0.2) is 30.3 Å². The summed E-state index contributed by atoms with van der Waals surface area (Å²) in [5, 5.41) is 3.77. The summed E-state index contributed by atoms with van der Waals surface area (Å²) in [7, 11) is 0. The number of carbonyl (C=O) groups is 1. The lowest BCUT2D eigenvalue weighted by Crippen LogP contribution is -2.29. The van der Waals surface area contributed by atoms with Crippen molar-refractivity contribution in [2.45, 2.75) is 38.5 Å². The number of thiazole rings is 1. The van der Waals surface area contributed by atoms with Gasteiger partial charge in [0.05, 0.1) is 10.4 Å². The molecule has 1 fully saturated rings. The van der Waals surface area contributed by atoms with Gasteiger partial charge >= 0.3 is 6.36 Å². The van der Waals surface area contributed by atoms with E-state index in [0.717, 1.165) is 27.8 Å². The van der Waals surface area contributed by atoms with E-state index in [1.807, 2.05) is 0 Å². The van der Waals surface area contributed by atoms with E-state index >= 15 is 0 Å². The maximum absolute atomic E-state index is 12.5. The number of hydrogen-bond donors (Lipinski definition) is 1. The van der Waals surface area contributed by atoms with Gasteiger partial charge in [-0.25, -0.2) is 4.98 Å². The molecule has 1 aliphatic heterocycles. The number of carbonyl (C=O) groups excluding carboxylic acids is 1. The zero-order valence-electron chi connectivity index (χ0n) is 14.8. The number of piperidine rings is 1. The number of alkyl halides is 3. The molecule has 2 aromatic rings. The fourth-order valence-corrected chi connectivity index (χ4v) is 5.43. The summed E-state index contributed by atoms with van der Waals surface area (Å²) >= 11 is 2.99. The molecular weight excluding hydrogens is 411 g/mol. The zero-order chi connectivity index (χ0) is 19.7. The van der Waals surface area contributed by atoms with Gasteiger partial charge in [0, 0.05) is 25.2 Å². The van der Waals surface area contributed by atoms with E-state index in [1.54, 1.807) is 17.4 Å². The number of hydrogen-bond acceptors (Lipinski definition) is 6. The Hall–Kier alpha value is -2.07. The van der Waals surface area contributed by atoms with Gasteiger partial charge in [-0.3, -0.25) is 4.79 Å². The average Bonchev–Trinajstić information content (AvgIpc) is 3.22. The lowest BCUT2D eigenvalue weighted by atomic mass is 10.1. The minimum Gasteiger partial charge on any atom is -0.410 e. The molecule has 0 atom stereocenters. The Morgan fingerprint density at radius 1 is 1.14 bits per heavy atom. The molecule has 2 aromatic heterocycles. The fourth-order valence-electron chi connectivity index (χ4n) is 3.22. The van der Waals surface area contributed by atoms with Crippen molar-refractivity contribution in [1.29, 1.82) is 0 Å². The number of halogens is 3. The number of nitrogens with one attached hydrogen (secondary N) is 1. The first-order valence-electron chi connectivity index (χ1n) is 8.99. The Morgan fingerprint density at radius 3 is 2.57 bits per heavy atom. The molecule has 150 valence electrons. The van der Waals surface area contributed by atoms with Gasteiger partial charge in [-0.05, 0) is 43.9 Å². The van der Waals surface area contributed by atoms with Gasteiger partial charge in [0.25, 0.3) is 5.91 Å². The summed E-state index contributed by atoms with van der Waals surface area (Å²) in [6.45, 7) is 2.05. The van der Waals surface area contributed by atoms with Gasteiger partial charge in [0.2, 0.25) is 0 Å². The molecule has 4 rings (SSSR count). The fraction of sp³-hybridized carbons (Fsp3) is 0.444. The number of anilines is 1. The normalized spacial score (nSPS) is 18.0. The summed E-state index contributed by atoms with van der Waals surface area (Å²) in [4.78, 5) is 20.0. The van der Waals surface area contributed by atoms with Crippen molar-refractivity contribution in [3.05, 3.63) is 34.6 Å². The molecule has 1 N–H and O–H groups in total. The monoisotopic (exact) mass is 429 g/mol. The number of amides is 1. The molecule has 2 aliphatic rings. The van der Waals surface area contributed by atoms with Crippen molar-refractivity contribution in [1.82, 2.24) is 10.3 Å². The number of allylic oxidation sites excluding steroid dienone is 4. The van der Waals surface area contributed by atoms with Gasteiger partial charge in [0.1, 0.15) is 9.77 Å². The Labute approximate surface area is 167 Å². The molecule has 0 saturated carbocycles. The predicted molar refractivity (Wildman–Crippen MR) is 104 cm³/mol.